The van der Waals surface area contributed by atoms with Crippen LogP contribution in [-0.4, -0.2) is 63.5 Å². The van der Waals surface area contributed by atoms with Crippen molar-refractivity contribution in [1.29, 1.82) is 0 Å². The second-order valence-electron chi connectivity index (χ2n) is 8.36. The number of aliphatic hydroxyl groups excluding tert-OH is 1. The first-order chi connectivity index (χ1) is 17.8. The van der Waals surface area contributed by atoms with Crippen LogP contribution in [-0.2, 0) is 16.0 Å². The highest BCUT2D eigenvalue weighted by molar-refractivity contribution is 6.30. The molecule has 0 aliphatic carbocycles. The maximum absolute atomic E-state index is 12.2. The van der Waals surface area contributed by atoms with Crippen LogP contribution in [0.4, 0.5) is 13.2 Å². The number of carboxylic acids is 2. The van der Waals surface area contributed by atoms with Gasteiger partial charge in [-0.25, -0.2) is 4.79 Å². The fourth-order valence-electron chi connectivity index (χ4n) is 3.43. The van der Waals surface area contributed by atoms with E-state index in [1.54, 1.807) is 24.3 Å². The summed E-state index contributed by atoms with van der Waals surface area (Å²) in [7, 11) is 0. The average Bonchev–Trinajstić information content (AvgIpc) is 3.23. The van der Waals surface area contributed by atoms with Crippen LogP contribution in [0.3, 0.4) is 0 Å². The molecule has 13 heteroatoms. The third-order valence-electron chi connectivity index (χ3n) is 5.32. The van der Waals surface area contributed by atoms with Crippen LogP contribution in [0.15, 0.2) is 48.7 Å². The number of amides is 1. The summed E-state index contributed by atoms with van der Waals surface area (Å²) in [6, 6.07) is 12.7. The van der Waals surface area contributed by atoms with Crippen molar-refractivity contribution in [3.63, 3.8) is 0 Å². The molecule has 0 aliphatic heterocycles. The van der Waals surface area contributed by atoms with Gasteiger partial charge in [-0.2, -0.15) is 13.2 Å². The van der Waals surface area contributed by atoms with Crippen molar-refractivity contribution in [1.82, 2.24) is 15.6 Å². The lowest BCUT2D eigenvalue weighted by Gasteiger charge is -2.17. The number of carbonyl (C=O) groups is 3. The zero-order valence-electron chi connectivity index (χ0n) is 20.2. The van der Waals surface area contributed by atoms with Gasteiger partial charge < -0.3 is 30.9 Å². The van der Waals surface area contributed by atoms with Crippen LogP contribution < -0.4 is 10.6 Å². The van der Waals surface area contributed by atoms with Crippen LogP contribution in [0.1, 0.15) is 40.9 Å². The number of fused-ring (bicyclic) bond motifs is 1. The number of aromatic amines is 1. The van der Waals surface area contributed by atoms with Gasteiger partial charge in [0.1, 0.15) is 0 Å². The van der Waals surface area contributed by atoms with E-state index >= 15 is 0 Å². The molecule has 3 aromatic rings. The van der Waals surface area contributed by atoms with Crippen molar-refractivity contribution >= 4 is 40.3 Å². The lowest BCUT2D eigenvalue weighted by atomic mass is 10.0. The van der Waals surface area contributed by atoms with Crippen molar-refractivity contribution in [2.24, 2.45) is 0 Å². The third kappa shape index (κ3) is 9.69. The van der Waals surface area contributed by atoms with Gasteiger partial charge in [-0.1, -0.05) is 29.8 Å². The topological polar surface area (TPSA) is 152 Å². The van der Waals surface area contributed by atoms with Gasteiger partial charge in [-0.3, -0.25) is 9.59 Å². The highest BCUT2D eigenvalue weighted by atomic mass is 35.5. The second-order valence-corrected chi connectivity index (χ2v) is 8.80. The van der Waals surface area contributed by atoms with Gasteiger partial charge in [-0.15, -0.1) is 0 Å². The molecule has 0 saturated carbocycles. The van der Waals surface area contributed by atoms with Crippen molar-refractivity contribution in [2.45, 2.75) is 38.1 Å². The first-order valence-electron chi connectivity index (χ1n) is 11.3. The number of hydrogen-bond donors (Lipinski definition) is 6. The van der Waals surface area contributed by atoms with Crippen molar-refractivity contribution in [2.75, 3.05) is 13.1 Å². The van der Waals surface area contributed by atoms with Crippen molar-refractivity contribution in [3.8, 4) is 0 Å². The van der Waals surface area contributed by atoms with Gasteiger partial charge in [0.05, 0.1) is 12.5 Å². The molecule has 0 aliphatic rings. The Kier molecular flexibility index (Phi) is 11.1. The predicted molar refractivity (Wildman–Crippen MR) is 134 cm³/mol. The van der Waals surface area contributed by atoms with E-state index in [0.717, 1.165) is 28.5 Å². The van der Waals surface area contributed by atoms with E-state index in [-0.39, 0.29) is 24.9 Å². The number of halogens is 4. The van der Waals surface area contributed by atoms with Crippen LogP contribution in [0, 0.1) is 0 Å². The van der Waals surface area contributed by atoms with Gasteiger partial charge in [-0.05, 0) is 48.7 Å². The molecule has 2 atom stereocenters. The molecule has 1 heterocycles. The SMILES string of the molecule is C[C@H](Cc1c[nH]c2cc(C(=O)NCCC(=O)O)ccc12)NC[C@H](O)c1cccc(Cl)c1.O=C(O)C(F)(F)F. The van der Waals surface area contributed by atoms with Gasteiger partial charge >= 0.3 is 18.1 Å². The van der Waals surface area contributed by atoms with E-state index in [9.17, 15) is 27.9 Å². The molecule has 0 saturated heterocycles. The molecule has 1 aromatic heterocycles. The molecule has 0 unspecified atom stereocenters. The minimum Gasteiger partial charge on any atom is -0.481 e. The summed E-state index contributed by atoms with van der Waals surface area (Å²) in [6.45, 7) is 2.55. The van der Waals surface area contributed by atoms with Crippen molar-refractivity contribution in [3.05, 3.63) is 70.4 Å². The van der Waals surface area contributed by atoms with Gasteiger partial charge in [0.2, 0.25) is 0 Å². The lowest BCUT2D eigenvalue weighted by Crippen LogP contribution is -2.32. The Labute approximate surface area is 220 Å². The molecule has 9 nitrogen and oxygen atoms in total. The summed E-state index contributed by atoms with van der Waals surface area (Å²) in [5.74, 6) is -4.01. The Bertz CT molecular complexity index is 1260. The number of carbonyl (C=O) groups excluding carboxylic acids is 1. The summed E-state index contributed by atoms with van der Waals surface area (Å²) in [5.41, 5.74) is 3.19. The Hall–Kier alpha value is -3.61. The molecule has 0 spiro atoms. The summed E-state index contributed by atoms with van der Waals surface area (Å²) in [6.07, 6.45) is -3.18. The van der Waals surface area contributed by atoms with Crippen LogP contribution in [0.2, 0.25) is 5.02 Å². The number of nitrogens with one attached hydrogen (secondary N) is 3. The number of rotatable bonds is 10. The monoisotopic (exact) mass is 557 g/mol. The smallest absolute Gasteiger partial charge is 0.481 e. The summed E-state index contributed by atoms with van der Waals surface area (Å²) < 4.78 is 31.7. The molecule has 3 rings (SSSR count). The second kappa shape index (κ2) is 13.8. The maximum Gasteiger partial charge on any atom is 0.490 e. The maximum atomic E-state index is 12.2. The first-order valence-corrected chi connectivity index (χ1v) is 11.7. The molecule has 206 valence electrons. The Morgan fingerprint density at radius 3 is 2.39 bits per heavy atom. The predicted octanol–water partition coefficient (Wildman–Crippen LogP) is 3.91. The van der Waals surface area contributed by atoms with Gasteiger partial charge in [0.25, 0.3) is 5.91 Å². The van der Waals surface area contributed by atoms with E-state index < -0.39 is 24.2 Å². The molecule has 2 aromatic carbocycles. The quantitative estimate of drug-likeness (QED) is 0.221. The molecule has 38 heavy (non-hydrogen) atoms. The highest BCUT2D eigenvalue weighted by Gasteiger charge is 2.38. The number of H-pyrrole nitrogens is 1. The lowest BCUT2D eigenvalue weighted by molar-refractivity contribution is -0.192. The number of hydrogen-bond acceptors (Lipinski definition) is 5. The molecule has 0 bridgehead atoms. The normalized spacial score (nSPS) is 12.8. The number of aliphatic hydroxyl groups is 1. The first kappa shape index (κ1) is 30.6. The number of benzene rings is 2. The largest absolute Gasteiger partial charge is 0.490 e. The standard InChI is InChI=1S/C23H26ClN3O4.C2HF3O2/c1-14(26-13-21(28)15-3-2-4-18(24)10-15)9-17-12-27-20-11-16(5-6-19(17)20)23(31)25-8-7-22(29)30;3-2(4,5)1(6)7/h2-6,10-12,14,21,26-28H,7-9,13H2,1H3,(H,25,31)(H,29,30);(H,6,7)/t14-,21+;/m1./s1. The van der Waals surface area contributed by atoms with E-state index in [1.165, 1.54) is 0 Å². The fourth-order valence-corrected chi connectivity index (χ4v) is 3.63. The molecular formula is C25H27ClF3N3O6. The van der Waals surface area contributed by atoms with Gasteiger partial charge in [0.15, 0.2) is 0 Å². The Morgan fingerprint density at radius 2 is 1.79 bits per heavy atom. The van der Waals surface area contributed by atoms with Crippen molar-refractivity contribution < 1.29 is 42.9 Å². The average molecular weight is 558 g/mol. The molecule has 1 amide bonds. The fraction of sp³-hybridized carbons (Fsp3) is 0.320. The third-order valence-corrected chi connectivity index (χ3v) is 5.55. The Balaban J connectivity index is 0.000000638. The number of aromatic nitrogens is 1. The van der Waals surface area contributed by atoms with Gasteiger partial charge in [0, 0.05) is 46.8 Å². The molecule has 6 N–H and O–H groups in total. The van der Waals surface area contributed by atoms with E-state index in [1.807, 2.05) is 31.3 Å². The summed E-state index contributed by atoms with van der Waals surface area (Å²) >= 11 is 5.99. The number of aliphatic carboxylic acids is 2. The molecule has 0 fully saturated rings. The van der Waals surface area contributed by atoms with E-state index in [2.05, 4.69) is 15.6 Å². The minimum atomic E-state index is -5.08. The van der Waals surface area contributed by atoms with Crippen LogP contribution in [0.25, 0.3) is 10.9 Å². The summed E-state index contributed by atoms with van der Waals surface area (Å²) in [5, 5.41) is 33.7. The Morgan fingerprint density at radius 1 is 1.11 bits per heavy atom. The van der Waals surface area contributed by atoms with Crippen LogP contribution >= 0.6 is 11.6 Å². The molecular weight excluding hydrogens is 531 g/mol. The number of carboxylic acid groups (broad SMARTS) is 2. The number of alkyl halides is 3. The highest BCUT2D eigenvalue weighted by Crippen LogP contribution is 2.22. The summed E-state index contributed by atoms with van der Waals surface area (Å²) in [4.78, 5) is 34.8. The van der Waals surface area contributed by atoms with E-state index in [4.69, 9.17) is 26.6 Å². The van der Waals surface area contributed by atoms with E-state index in [0.29, 0.717) is 17.1 Å². The van der Waals surface area contributed by atoms with Crippen LogP contribution in [0.5, 0.6) is 0 Å². The molecule has 0 radical (unpaired) electrons. The minimum absolute atomic E-state index is 0.0897. The zero-order valence-corrected chi connectivity index (χ0v) is 20.9. The zero-order chi connectivity index (χ0) is 28.5.